The zero-order chi connectivity index (χ0) is 22.5. The predicted octanol–water partition coefficient (Wildman–Crippen LogP) is 1.96. The molecule has 0 atom stereocenters. The van der Waals surface area contributed by atoms with Gasteiger partial charge in [0, 0.05) is 43.5 Å². The fourth-order valence-electron chi connectivity index (χ4n) is 4.56. The minimum Gasteiger partial charge on any atom is -0.384 e. The summed E-state index contributed by atoms with van der Waals surface area (Å²) in [6.45, 7) is 1.66. The van der Waals surface area contributed by atoms with Crippen molar-refractivity contribution in [3.8, 4) is 11.4 Å². The second kappa shape index (κ2) is 7.40. The average Bonchev–Trinajstić information content (AvgIpc) is 3.38. The molecule has 33 heavy (non-hydrogen) atoms. The number of aryl methyl sites for hydroxylation is 1. The number of imidazole rings is 2. The van der Waals surface area contributed by atoms with Crippen LogP contribution in [0.1, 0.15) is 24.5 Å². The molecule has 0 unspecified atom stereocenters. The fourth-order valence-corrected chi connectivity index (χ4v) is 4.56. The molecule has 4 N–H and O–H groups in total. The summed E-state index contributed by atoms with van der Waals surface area (Å²) in [5, 5.41) is 0. The number of anilines is 2. The number of aromatic amines is 2. The number of pyridine rings is 2. The minimum atomic E-state index is -0.235. The number of nitrogen functional groups attached to an aromatic ring is 1. The third kappa shape index (κ3) is 3.28. The molecule has 0 spiro atoms. The lowest BCUT2D eigenvalue weighted by Gasteiger charge is -2.32. The second-order valence-electron chi connectivity index (χ2n) is 8.31. The highest BCUT2D eigenvalue weighted by molar-refractivity contribution is 5.86. The van der Waals surface area contributed by atoms with Crippen molar-refractivity contribution in [2.24, 2.45) is 7.05 Å². The van der Waals surface area contributed by atoms with Crippen molar-refractivity contribution in [2.75, 3.05) is 23.7 Å². The van der Waals surface area contributed by atoms with Crippen LogP contribution in [0.3, 0.4) is 0 Å². The van der Waals surface area contributed by atoms with Crippen LogP contribution >= 0.6 is 0 Å². The standard InChI is InChI=1S/C22H22N10O/c1-31-19(13-2-5-16(23)24-10-13)29-17-20(31)25-11-26-21(17)32-8-6-12(7-9-32)14-3-4-15-18(27-14)30-22(33)28-15/h2-5,10-12H,6-9H2,1H3,(H2,23,24)(H2,27,28,30,33). The molecular weight excluding hydrogens is 420 g/mol. The number of hydrogen-bond donors (Lipinski definition) is 3. The van der Waals surface area contributed by atoms with E-state index in [9.17, 15) is 4.79 Å². The van der Waals surface area contributed by atoms with Crippen LogP contribution in [0, 0.1) is 0 Å². The van der Waals surface area contributed by atoms with E-state index in [1.54, 1.807) is 18.6 Å². The number of nitrogens with two attached hydrogens (primary N) is 1. The maximum Gasteiger partial charge on any atom is 0.325 e. The van der Waals surface area contributed by atoms with Gasteiger partial charge in [0.25, 0.3) is 0 Å². The van der Waals surface area contributed by atoms with E-state index in [1.807, 2.05) is 29.8 Å². The van der Waals surface area contributed by atoms with Crippen LogP contribution in [0.25, 0.3) is 33.7 Å². The monoisotopic (exact) mass is 442 g/mol. The van der Waals surface area contributed by atoms with Crippen molar-refractivity contribution < 1.29 is 0 Å². The smallest absolute Gasteiger partial charge is 0.325 e. The molecule has 0 aliphatic carbocycles. The normalized spacial score (nSPS) is 15.0. The van der Waals surface area contributed by atoms with Crippen LogP contribution in [0.4, 0.5) is 11.6 Å². The largest absolute Gasteiger partial charge is 0.384 e. The first-order valence-corrected chi connectivity index (χ1v) is 10.8. The Morgan fingerprint density at radius 1 is 1.03 bits per heavy atom. The maximum atomic E-state index is 11.5. The van der Waals surface area contributed by atoms with Crippen LogP contribution in [0.2, 0.25) is 0 Å². The first-order chi connectivity index (χ1) is 16.1. The van der Waals surface area contributed by atoms with Crippen LogP contribution < -0.4 is 16.3 Å². The fraction of sp³-hybridized carbons (Fsp3) is 0.273. The summed E-state index contributed by atoms with van der Waals surface area (Å²) < 4.78 is 1.96. The maximum absolute atomic E-state index is 11.5. The van der Waals surface area contributed by atoms with Gasteiger partial charge in [0.1, 0.15) is 18.0 Å². The number of rotatable bonds is 3. The average molecular weight is 442 g/mol. The van der Waals surface area contributed by atoms with Gasteiger partial charge in [-0.05, 0) is 37.1 Å². The molecule has 1 aliphatic heterocycles. The van der Waals surface area contributed by atoms with Gasteiger partial charge in [0.05, 0.1) is 5.52 Å². The summed E-state index contributed by atoms with van der Waals surface area (Å²) in [6, 6.07) is 7.59. The lowest BCUT2D eigenvalue weighted by Crippen LogP contribution is -2.34. The van der Waals surface area contributed by atoms with E-state index in [-0.39, 0.29) is 5.69 Å². The molecule has 1 fully saturated rings. The molecular formula is C22H22N10O. The molecule has 1 aliphatic rings. The Bertz CT molecular complexity index is 1520. The highest BCUT2D eigenvalue weighted by Gasteiger charge is 2.26. The van der Waals surface area contributed by atoms with E-state index in [4.69, 9.17) is 10.7 Å². The SMILES string of the molecule is Cn1c(-c2ccc(N)nc2)nc2c(N3CCC(c4ccc5[nH]c(=O)[nH]c5n4)CC3)ncnc21. The van der Waals surface area contributed by atoms with E-state index in [0.29, 0.717) is 17.4 Å². The molecule has 166 valence electrons. The Morgan fingerprint density at radius 3 is 2.67 bits per heavy atom. The van der Waals surface area contributed by atoms with Gasteiger partial charge in [0.15, 0.2) is 22.6 Å². The first kappa shape index (κ1) is 19.4. The van der Waals surface area contributed by atoms with Crippen molar-refractivity contribution in [1.82, 2.24) is 39.5 Å². The molecule has 0 bridgehead atoms. The lowest BCUT2D eigenvalue weighted by atomic mass is 9.93. The van der Waals surface area contributed by atoms with E-state index in [1.165, 1.54) is 0 Å². The number of aromatic nitrogens is 8. The quantitative estimate of drug-likeness (QED) is 0.384. The molecule has 11 nitrogen and oxygen atoms in total. The summed E-state index contributed by atoms with van der Waals surface area (Å²) in [6.07, 6.45) is 5.17. The van der Waals surface area contributed by atoms with Crippen molar-refractivity contribution in [1.29, 1.82) is 0 Å². The molecule has 5 aromatic rings. The molecule has 6 heterocycles. The van der Waals surface area contributed by atoms with Gasteiger partial charge in [0.2, 0.25) is 0 Å². The van der Waals surface area contributed by atoms with Crippen LogP contribution in [-0.2, 0) is 7.05 Å². The van der Waals surface area contributed by atoms with Crippen molar-refractivity contribution >= 4 is 34.0 Å². The van der Waals surface area contributed by atoms with Crippen molar-refractivity contribution in [3.63, 3.8) is 0 Å². The zero-order valence-corrected chi connectivity index (χ0v) is 18.0. The molecule has 1 saturated heterocycles. The summed E-state index contributed by atoms with van der Waals surface area (Å²) in [4.78, 5) is 42.0. The Hall–Kier alpha value is -4.28. The Kier molecular flexibility index (Phi) is 4.35. The third-order valence-corrected chi connectivity index (χ3v) is 6.29. The second-order valence-corrected chi connectivity index (χ2v) is 8.31. The topological polar surface area (TPSA) is 147 Å². The molecule has 6 rings (SSSR count). The van der Waals surface area contributed by atoms with E-state index in [2.05, 4.69) is 34.8 Å². The predicted molar refractivity (Wildman–Crippen MR) is 125 cm³/mol. The number of H-pyrrole nitrogens is 2. The number of nitrogens with one attached hydrogen (secondary N) is 2. The van der Waals surface area contributed by atoms with Gasteiger partial charge in [-0.1, -0.05) is 0 Å². The van der Waals surface area contributed by atoms with Crippen LogP contribution in [-0.4, -0.2) is 52.5 Å². The van der Waals surface area contributed by atoms with Gasteiger partial charge < -0.3 is 20.2 Å². The minimum absolute atomic E-state index is 0.235. The molecule has 0 radical (unpaired) electrons. The van der Waals surface area contributed by atoms with Crippen molar-refractivity contribution in [3.05, 3.63) is 53.0 Å². The van der Waals surface area contributed by atoms with Gasteiger partial charge in [-0.3, -0.25) is 4.98 Å². The van der Waals surface area contributed by atoms with Crippen LogP contribution in [0.15, 0.2) is 41.6 Å². The summed E-state index contributed by atoms with van der Waals surface area (Å²) in [5.74, 6) is 2.40. The Morgan fingerprint density at radius 2 is 1.88 bits per heavy atom. The molecule has 0 aromatic carbocycles. The van der Waals surface area contributed by atoms with Gasteiger partial charge in [-0.2, -0.15) is 0 Å². The number of piperidine rings is 1. The van der Waals surface area contributed by atoms with E-state index >= 15 is 0 Å². The summed E-state index contributed by atoms with van der Waals surface area (Å²) in [5.41, 5.74) is 10.3. The molecule has 0 saturated carbocycles. The highest BCUT2D eigenvalue weighted by atomic mass is 16.1. The van der Waals surface area contributed by atoms with E-state index < -0.39 is 0 Å². The Labute approximate surface area is 187 Å². The van der Waals surface area contributed by atoms with Gasteiger partial charge >= 0.3 is 5.69 Å². The molecule has 11 heteroatoms. The summed E-state index contributed by atoms with van der Waals surface area (Å²) >= 11 is 0. The molecule has 0 amide bonds. The zero-order valence-electron chi connectivity index (χ0n) is 18.0. The van der Waals surface area contributed by atoms with Gasteiger partial charge in [-0.25, -0.2) is 29.7 Å². The number of fused-ring (bicyclic) bond motifs is 2. The first-order valence-electron chi connectivity index (χ1n) is 10.8. The van der Waals surface area contributed by atoms with E-state index in [0.717, 1.165) is 65.5 Å². The molecule has 5 aromatic heterocycles. The number of nitrogens with zero attached hydrogens (tertiary/aromatic N) is 7. The van der Waals surface area contributed by atoms with Gasteiger partial charge in [-0.15, -0.1) is 0 Å². The highest BCUT2D eigenvalue weighted by Crippen LogP contribution is 2.33. The summed E-state index contributed by atoms with van der Waals surface area (Å²) in [7, 11) is 1.94. The number of hydrogen-bond acceptors (Lipinski definition) is 8. The van der Waals surface area contributed by atoms with Crippen LogP contribution in [0.5, 0.6) is 0 Å². The third-order valence-electron chi connectivity index (χ3n) is 6.29. The Balaban J connectivity index is 1.28. The van der Waals surface area contributed by atoms with Crippen molar-refractivity contribution in [2.45, 2.75) is 18.8 Å². The lowest BCUT2D eigenvalue weighted by molar-refractivity contribution is 0.495.